The van der Waals surface area contributed by atoms with Gasteiger partial charge in [-0.15, -0.1) is 0 Å². The molecular weight excluding hydrogens is 512 g/mol. The van der Waals surface area contributed by atoms with Gasteiger partial charge in [0.25, 0.3) is 5.56 Å². The van der Waals surface area contributed by atoms with Gasteiger partial charge in [-0.3, -0.25) is 9.36 Å². The van der Waals surface area contributed by atoms with E-state index in [0.717, 1.165) is 11.1 Å². The summed E-state index contributed by atoms with van der Waals surface area (Å²) in [5.74, 6) is 1.35. The SMILES string of the molecule is CCOC(=O)C1=C(C)N=c2s/c(=C\c3ccc(-c4ccc(Cl)cc4)o3)c(=O)n2[C@@H]1c1ccc(OC)cc1. The molecular formula is C28H23ClN2O5S. The Labute approximate surface area is 221 Å². The Kier molecular flexibility index (Phi) is 6.86. The molecule has 0 spiro atoms. The highest BCUT2D eigenvalue weighted by Gasteiger charge is 2.33. The Hall–Kier alpha value is -3.88. The lowest BCUT2D eigenvalue weighted by molar-refractivity contribution is -0.139. The lowest BCUT2D eigenvalue weighted by Gasteiger charge is -2.24. The van der Waals surface area contributed by atoms with E-state index in [1.165, 1.54) is 11.3 Å². The molecule has 0 radical (unpaired) electrons. The number of carbonyl (C=O) groups is 1. The van der Waals surface area contributed by atoms with Gasteiger partial charge in [0.15, 0.2) is 4.80 Å². The number of hydrogen-bond donors (Lipinski definition) is 0. The molecule has 37 heavy (non-hydrogen) atoms. The van der Waals surface area contributed by atoms with Gasteiger partial charge in [-0.25, -0.2) is 9.79 Å². The number of nitrogens with zero attached hydrogens (tertiary/aromatic N) is 2. The maximum absolute atomic E-state index is 13.7. The molecule has 3 heterocycles. The van der Waals surface area contributed by atoms with Crippen molar-refractivity contribution in [3.63, 3.8) is 0 Å². The molecule has 1 aliphatic heterocycles. The van der Waals surface area contributed by atoms with E-state index in [2.05, 4.69) is 4.99 Å². The number of thiazole rings is 1. The molecule has 2 aromatic heterocycles. The molecule has 4 aromatic rings. The van der Waals surface area contributed by atoms with Gasteiger partial charge in [-0.05, 0) is 67.9 Å². The van der Waals surface area contributed by atoms with E-state index in [1.54, 1.807) is 61.9 Å². The minimum Gasteiger partial charge on any atom is -0.497 e. The van der Waals surface area contributed by atoms with Crippen LogP contribution < -0.4 is 19.6 Å². The van der Waals surface area contributed by atoms with Crippen LogP contribution in [-0.4, -0.2) is 24.3 Å². The Morgan fingerprint density at radius 2 is 1.86 bits per heavy atom. The van der Waals surface area contributed by atoms with Crippen LogP contribution in [0.1, 0.15) is 31.2 Å². The zero-order chi connectivity index (χ0) is 26.1. The van der Waals surface area contributed by atoms with Crippen molar-refractivity contribution in [3.05, 3.63) is 108 Å². The van der Waals surface area contributed by atoms with Crippen LogP contribution in [0.5, 0.6) is 5.75 Å². The van der Waals surface area contributed by atoms with E-state index in [-0.39, 0.29) is 12.2 Å². The van der Waals surface area contributed by atoms with Crippen LogP contribution in [0, 0.1) is 0 Å². The van der Waals surface area contributed by atoms with Crippen LogP contribution in [0.25, 0.3) is 17.4 Å². The molecule has 0 unspecified atom stereocenters. The van der Waals surface area contributed by atoms with Gasteiger partial charge in [0.1, 0.15) is 17.3 Å². The molecule has 188 valence electrons. The Bertz CT molecular complexity index is 1680. The lowest BCUT2D eigenvalue weighted by Crippen LogP contribution is -2.39. The summed E-state index contributed by atoms with van der Waals surface area (Å²) >= 11 is 7.23. The molecule has 0 amide bonds. The van der Waals surface area contributed by atoms with E-state index in [1.807, 2.05) is 30.3 Å². The van der Waals surface area contributed by atoms with Crippen molar-refractivity contribution in [1.29, 1.82) is 0 Å². The molecule has 1 aliphatic rings. The first kappa shape index (κ1) is 24.8. The highest BCUT2D eigenvalue weighted by molar-refractivity contribution is 7.07. The molecule has 0 saturated heterocycles. The quantitative estimate of drug-likeness (QED) is 0.334. The number of ether oxygens (including phenoxy) is 2. The Morgan fingerprint density at radius 1 is 1.14 bits per heavy atom. The van der Waals surface area contributed by atoms with Crippen molar-refractivity contribution < 1.29 is 18.7 Å². The Balaban J connectivity index is 1.62. The monoisotopic (exact) mass is 534 g/mol. The smallest absolute Gasteiger partial charge is 0.338 e. The summed E-state index contributed by atoms with van der Waals surface area (Å²) in [5, 5.41) is 0.639. The largest absolute Gasteiger partial charge is 0.497 e. The fraction of sp³-hybridized carbons (Fsp3) is 0.179. The van der Waals surface area contributed by atoms with Gasteiger partial charge in [0.2, 0.25) is 0 Å². The second kappa shape index (κ2) is 10.2. The summed E-state index contributed by atoms with van der Waals surface area (Å²) in [4.78, 5) is 31.8. The van der Waals surface area contributed by atoms with Gasteiger partial charge in [0.05, 0.1) is 35.6 Å². The molecule has 0 bridgehead atoms. The van der Waals surface area contributed by atoms with Crippen LogP contribution >= 0.6 is 22.9 Å². The summed E-state index contributed by atoms with van der Waals surface area (Å²) in [6.07, 6.45) is 1.69. The molecule has 7 nitrogen and oxygen atoms in total. The number of fused-ring (bicyclic) bond motifs is 1. The van der Waals surface area contributed by atoms with E-state index >= 15 is 0 Å². The zero-order valence-corrected chi connectivity index (χ0v) is 21.9. The van der Waals surface area contributed by atoms with E-state index in [4.69, 9.17) is 25.5 Å². The first-order chi connectivity index (χ1) is 17.9. The highest BCUT2D eigenvalue weighted by atomic mass is 35.5. The number of benzene rings is 2. The number of furan rings is 1. The van der Waals surface area contributed by atoms with E-state index in [0.29, 0.717) is 42.9 Å². The van der Waals surface area contributed by atoms with Crippen LogP contribution in [0.3, 0.4) is 0 Å². The molecule has 1 atom stereocenters. The maximum Gasteiger partial charge on any atom is 0.338 e. The lowest BCUT2D eigenvalue weighted by atomic mass is 9.96. The molecule has 5 rings (SSSR count). The molecule has 0 N–H and O–H groups in total. The molecule has 2 aromatic carbocycles. The average Bonchev–Trinajstić information content (AvgIpc) is 3.48. The number of halogens is 1. The molecule has 9 heteroatoms. The minimum atomic E-state index is -0.690. The normalized spacial score (nSPS) is 15.4. The number of esters is 1. The van der Waals surface area contributed by atoms with Crippen molar-refractivity contribution in [2.24, 2.45) is 4.99 Å². The molecule has 0 saturated carbocycles. The Morgan fingerprint density at radius 3 is 2.54 bits per heavy atom. The third-order valence-corrected chi connectivity index (χ3v) is 7.21. The predicted molar refractivity (Wildman–Crippen MR) is 143 cm³/mol. The number of rotatable bonds is 6. The first-order valence-electron chi connectivity index (χ1n) is 11.6. The first-order valence-corrected chi connectivity index (χ1v) is 12.8. The summed E-state index contributed by atoms with van der Waals surface area (Å²) in [6, 6.07) is 17.5. The minimum absolute atomic E-state index is 0.212. The van der Waals surface area contributed by atoms with E-state index in [9.17, 15) is 9.59 Å². The van der Waals surface area contributed by atoms with Gasteiger partial charge >= 0.3 is 5.97 Å². The van der Waals surface area contributed by atoms with Gasteiger partial charge < -0.3 is 13.9 Å². The van der Waals surface area contributed by atoms with E-state index < -0.39 is 12.0 Å². The second-order valence-electron chi connectivity index (χ2n) is 8.28. The summed E-state index contributed by atoms with van der Waals surface area (Å²) in [7, 11) is 1.58. The maximum atomic E-state index is 13.7. The summed E-state index contributed by atoms with van der Waals surface area (Å²) in [5.41, 5.74) is 2.18. The van der Waals surface area contributed by atoms with Crippen molar-refractivity contribution in [2.75, 3.05) is 13.7 Å². The van der Waals surface area contributed by atoms with Crippen molar-refractivity contribution >= 4 is 35.0 Å². The third kappa shape index (κ3) is 4.77. The van der Waals surface area contributed by atoms with Crippen molar-refractivity contribution in [1.82, 2.24) is 4.57 Å². The topological polar surface area (TPSA) is 83.0 Å². The van der Waals surface area contributed by atoms with Crippen LogP contribution in [-0.2, 0) is 9.53 Å². The third-order valence-electron chi connectivity index (χ3n) is 5.98. The number of hydrogen-bond acceptors (Lipinski definition) is 7. The van der Waals surface area contributed by atoms with Crippen LogP contribution in [0.2, 0.25) is 5.02 Å². The number of methoxy groups -OCH3 is 1. The standard InChI is InChI=1S/C28H23ClN2O5S/c1-4-35-27(33)24-16(2)30-28-31(25(24)18-7-11-20(34-3)12-8-18)26(32)23(37-28)15-21-13-14-22(36-21)17-5-9-19(29)10-6-17/h5-15,25H,4H2,1-3H3/b23-15-/t25-/m1/s1. The summed E-state index contributed by atoms with van der Waals surface area (Å²) < 4.78 is 18.6. The number of aromatic nitrogens is 1. The van der Waals surface area contributed by atoms with Crippen LogP contribution in [0.4, 0.5) is 0 Å². The van der Waals surface area contributed by atoms with Gasteiger partial charge in [0, 0.05) is 16.7 Å². The zero-order valence-electron chi connectivity index (χ0n) is 20.4. The molecule has 0 aliphatic carbocycles. The fourth-order valence-corrected chi connectivity index (χ4v) is 5.37. The molecule has 0 fully saturated rings. The van der Waals surface area contributed by atoms with Crippen LogP contribution in [0.15, 0.2) is 86.1 Å². The number of allylic oxidation sites excluding steroid dienone is 1. The van der Waals surface area contributed by atoms with Crippen molar-refractivity contribution in [2.45, 2.75) is 19.9 Å². The fourth-order valence-electron chi connectivity index (χ4n) is 4.22. The predicted octanol–water partition coefficient (Wildman–Crippen LogP) is 4.72. The average molecular weight is 535 g/mol. The second-order valence-corrected chi connectivity index (χ2v) is 9.73. The van der Waals surface area contributed by atoms with Gasteiger partial charge in [-0.1, -0.05) is 35.1 Å². The number of carbonyl (C=O) groups excluding carboxylic acids is 1. The van der Waals surface area contributed by atoms with Crippen molar-refractivity contribution in [3.8, 4) is 17.1 Å². The van der Waals surface area contributed by atoms with Gasteiger partial charge in [-0.2, -0.15) is 0 Å². The summed E-state index contributed by atoms with van der Waals surface area (Å²) in [6.45, 7) is 3.71. The highest BCUT2D eigenvalue weighted by Crippen LogP contribution is 2.31.